The Hall–Kier alpha value is -1.23. The van der Waals surface area contributed by atoms with Gasteiger partial charge in [-0.1, -0.05) is 30.3 Å². The molecular formula is C14H19N3S. The van der Waals surface area contributed by atoms with E-state index in [-0.39, 0.29) is 6.04 Å². The van der Waals surface area contributed by atoms with Gasteiger partial charge in [0.15, 0.2) is 0 Å². The third-order valence-corrected chi connectivity index (χ3v) is 3.64. The Bertz CT molecular complexity index is 428. The van der Waals surface area contributed by atoms with Gasteiger partial charge in [-0.25, -0.2) is 4.98 Å². The van der Waals surface area contributed by atoms with Crippen LogP contribution < -0.4 is 11.1 Å². The standard InChI is InChI=1S/C14H19N3S/c15-13(12-5-2-1-3-6-12)7-4-8-16-11-14-17-9-10-18-14/h1-3,5-6,9-10,13,16H,4,7-8,11,15H2. The summed E-state index contributed by atoms with van der Waals surface area (Å²) in [5.74, 6) is 0. The van der Waals surface area contributed by atoms with Crippen LogP contribution in [0.1, 0.15) is 29.5 Å². The maximum atomic E-state index is 6.13. The number of hydrogen-bond donors (Lipinski definition) is 2. The van der Waals surface area contributed by atoms with Crippen LogP contribution in [0.3, 0.4) is 0 Å². The second-order valence-corrected chi connectivity index (χ2v) is 5.24. The van der Waals surface area contributed by atoms with Crippen molar-refractivity contribution in [1.29, 1.82) is 0 Å². The zero-order chi connectivity index (χ0) is 12.6. The Morgan fingerprint density at radius 1 is 1.28 bits per heavy atom. The molecule has 0 bridgehead atoms. The second kappa shape index (κ2) is 7.26. The van der Waals surface area contributed by atoms with E-state index >= 15 is 0 Å². The summed E-state index contributed by atoms with van der Waals surface area (Å²) in [6.07, 6.45) is 3.93. The van der Waals surface area contributed by atoms with E-state index in [0.29, 0.717) is 0 Å². The van der Waals surface area contributed by atoms with Gasteiger partial charge in [0, 0.05) is 24.2 Å². The molecule has 3 N–H and O–H groups in total. The largest absolute Gasteiger partial charge is 0.324 e. The van der Waals surface area contributed by atoms with Gasteiger partial charge in [-0.15, -0.1) is 11.3 Å². The first-order valence-electron chi connectivity index (χ1n) is 6.26. The van der Waals surface area contributed by atoms with Crippen molar-refractivity contribution >= 4 is 11.3 Å². The van der Waals surface area contributed by atoms with Gasteiger partial charge in [-0.3, -0.25) is 0 Å². The molecule has 2 aromatic rings. The molecule has 0 aliphatic heterocycles. The summed E-state index contributed by atoms with van der Waals surface area (Å²) in [5.41, 5.74) is 7.35. The number of benzene rings is 1. The maximum absolute atomic E-state index is 6.13. The van der Waals surface area contributed by atoms with Crippen LogP contribution >= 0.6 is 11.3 Å². The van der Waals surface area contributed by atoms with Crippen LogP contribution in [0.25, 0.3) is 0 Å². The highest BCUT2D eigenvalue weighted by atomic mass is 32.1. The van der Waals surface area contributed by atoms with Crippen LogP contribution in [0, 0.1) is 0 Å². The van der Waals surface area contributed by atoms with Gasteiger partial charge in [0.25, 0.3) is 0 Å². The highest BCUT2D eigenvalue weighted by Crippen LogP contribution is 2.14. The van der Waals surface area contributed by atoms with E-state index in [1.54, 1.807) is 11.3 Å². The molecule has 0 radical (unpaired) electrons. The van der Waals surface area contributed by atoms with Crippen LogP contribution in [-0.2, 0) is 6.54 Å². The van der Waals surface area contributed by atoms with Gasteiger partial charge in [0.05, 0.1) is 0 Å². The smallest absolute Gasteiger partial charge is 0.106 e. The monoisotopic (exact) mass is 261 g/mol. The van der Waals surface area contributed by atoms with Crippen molar-refractivity contribution < 1.29 is 0 Å². The van der Waals surface area contributed by atoms with Crippen LogP contribution in [0.4, 0.5) is 0 Å². The van der Waals surface area contributed by atoms with Crippen molar-refractivity contribution in [2.24, 2.45) is 5.73 Å². The minimum absolute atomic E-state index is 0.146. The number of nitrogens with one attached hydrogen (secondary N) is 1. The molecule has 4 heteroatoms. The summed E-state index contributed by atoms with van der Waals surface area (Å²) in [6.45, 7) is 1.85. The molecule has 2 rings (SSSR count). The molecule has 0 aliphatic rings. The maximum Gasteiger partial charge on any atom is 0.106 e. The molecule has 3 nitrogen and oxygen atoms in total. The van der Waals surface area contributed by atoms with E-state index in [9.17, 15) is 0 Å². The van der Waals surface area contributed by atoms with E-state index in [4.69, 9.17) is 5.73 Å². The lowest BCUT2D eigenvalue weighted by Crippen LogP contribution is -2.17. The van der Waals surface area contributed by atoms with Gasteiger partial charge in [0.2, 0.25) is 0 Å². The molecule has 0 aliphatic carbocycles. The molecule has 0 fully saturated rings. The van der Waals surface area contributed by atoms with Gasteiger partial charge in [-0.2, -0.15) is 0 Å². The van der Waals surface area contributed by atoms with E-state index in [2.05, 4.69) is 22.4 Å². The molecule has 1 aromatic carbocycles. The molecule has 96 valence electrons. The molecule has 1 unspecified atom stereocenters. The Morgan fingerprint density at radius 2 is 2.11 bits per heavy atom. The van der Waals surface area contributed by atoms with Crippen LogP contribution in [0.5, 0.6) is 0 Å². The molecule has 1 atom stereocenters. The molecule has 1 aromatic heterocycles. The van der Waals surface area contributed by atoms with Crippen molar-refractivity contribution in [1.82, 2.24) is 10.3 Å². The van der Waals surface area contributed by atoms with Gasteiger partial charge in [0.1, 0.15) is 5.01 Å². The van der Waals surface area contributed by atoms with Crippen molar-refractivity contribution in [2.75, 3.05) is 6.54 Å². The molecule has 0 spiro atoms. The molecule has 18 heavy (non-hydrogen) atoms. The summed E-state index contributed by atoms with van der Waals surface area (Å²) in [5, 5.41) is 6.53. The lowest BCUT2D eigenvalue weighted by atomic mass is 10.0. The number of hydrogen-bond acceptors (Lipinski definition) is 4. The summed E-state index contributed by atoms with van der Waals surface area (Å²) >= 11 is 1.69. The van der Waals surface area contributed by atoms with Gasteiger partial charge < -0.3 is 11.1 Å². The average Bonchev–Trinajstić information content (AvgIpc) is 2.92. The lowest BCUT2D eigenvalue weighted by molar-refractivity contribution is 0.566. The second-order valence-electron chi connectivity index (χ2n) is 4.26. The summed E-state index contributed by atoms with van der Waals surface area (Å²) in [6, 6.07) is 10.4. The predicted octanol–water partition coefficient (Wildman–Crippen LogP) is 2.71. The zero-order valence-corrected chi connectivity index (χ0v) is 11.2. The fourth-order valence-electron chi connectivity index (χ4n) is 1.85. The molecular weight excluding hydrogens is 242 g/mol. The highest BCUT2D eigenvalue weighted by Gasteiger charge is 2.04. The van der Waals surface area contributed by atoms with E-state index in [1.807, 2.05) is 29.8 Å². The predicted molar refractivity (Wildman–Crippen MR) is 76.4 cm³/mol. The van der Waals surface area contributed by atoms with Crippen molar-refractivity contribution in [3.05, 3.63) is 52.5 Å². The van der Waals surface area contributed by atoms with E-state index < -0.39 is 0 Å². The van der Waals surface area contributed by atoms with E-state index in [0.717, 1.165) is 30.9 Å². The Balaban J connectivity index is 1.61. The van der Waals surface area contributed by atoms with Gasteiger partial charge in [-0.05, 0) is 24.9 Å². The quantitative estimate of drug-likeness (QED) is 0.753. The van der Waals surface area contributed by atoms with Crippen LogP contribution in [-0.4, -0.2) is 11.5 Å². The number of rotatable bonds is 7. The normalized spacial score (nSPS) is 12.5. The summed E-state index contributed by atoms with van der Waals surface area (Å²) in [7, 11) is 0. The fourth-order valence-corrected chi connectivity index (χ4v) is 2.44. The first-order chi connectivity index (χ1) is 8.86. The average molecular weight is 261 g/mol. The Morgan fingerprint density at radius 3 is 2.83 bits per heavy atom. The number of aromatic nitrogens is 1. The first kappa shape index (κ1) is 13.2. The Labute approximate surface area is 112 Å². The Kier molecular flexibility index (Phi) is 5.33. The zero-order valence-electron chi connectivity index (χ0n) is 10.4. The molecule has 0 saturated heterocycles. The topological polar surface area (TPSA) is 50.9 Å². The summed E-state index contributed by atoms with van der Waals surface area (Å²) < 4.78 is 0. The number of thiazole rings is 1. The lowest BCUT2D eigenvalue weighted by Gasteiger charge is -2.11. The minimum atomic E-state index is 0.146. The summed E-state index contributed by atoms with van der Waals surface area (Å²) in [4.78, 5) is 4.23. The van der Waals surface area contributed by atoms with Gasteiger partial charge >= 0.3 is 0 Å². The third kappa shape index (κ3) is 4.22. The number of nitrogens with two attached hydrogens (primary N) is 1. The SMILES string of the molecule is NC(CCCNCc1nccs1)c1ccccc1. The van der Waals surface area contributed by atoms with Crippen LogP contribution in [0.2, 0.25) is 0 Å². The van der Waals surface area contributed by atoms with Crippen LogP contribution in [0.15, 0.2) is 41.9 Å². The number of nitrogens with zero attached hydrogens (tertiary/aromatic N) is 1. The van der Waals surface area contributed by atoms with Crippen molar-refractivity contribution in [3.63, 3.8) is 0 Å². The molecule has 0 saturated carbocycles. The molecule has 1 heterocycles. The third-order valence-electron chi connectivity index (χ3n) is 2.86. The fraction of sp³-hybridized carbons (Fsp3) is 0.357. The molecule has 0 amide bonds. The van der Waals surface area contributed by atoms with Crippen molar-refractivity contribution in [3.8, 4) is 0 Å². The van der Waals surface area contributed by atoms with E-state index in [1.165, 1.54) is 5.56 Å². The first-order valence-corrected chi connectivity index (χ1v) is 7.14. The van der Waals surface area contributed by atoms with Crippen molar-refractivity contribution in [2.45, 2.75) is 25.4 Å². The minimum Gasteiger partial charge on any atom is -0.324 e. The highest BCUT2D eigenvalue weighted by molar-refractivity contribution is 7.09.